The first-order valence-electron chi connectivity index (χ1n) is 7.35. The standard InChI is InChI=1S/C16H22ClNO/c1-12-15(13-6-5-7-14(17)10-13)19-16(11-18-12)8-3-2-4-9-16/h5-7,10,12,15,18H,2-4,8-9,11H2,1H3. The van der Waals surface area contributed by atoms with Gasteiger partial charge < -0.3 is 10.1 Å². The minimum Gasteiger partial charge on any atom is -0.364 e. The lowest BCUT2D eigenvalue weighted by atomic mass is 9.82. The Morgan fingerprint density at radius 2 is 2.05 bits per heavy atom. The highest BCUT2D eigenvalue weighted by molar-refractivity contribution is 6.30. The van der Waals surface area contributed by atoms with Crippen molar-refractivity contribution in [1.82, 2.24) is 5.32 Å². The van der Waals surface area contributed by atoms with Crippen molar-refractivity contribution < 1.29 is 4.74 Å². The average molecular weight is 280 g/mol. The second kappa shape index (κ2) is 5.43. The molecule has 1 saturated carbocycles. The normalized spacial score (nSPS) is 30.4. The highest BCUT2D eigenvalue weighted by atomic mass is 35.5. The molecule has 2 atom stereocenters. The van der Waals surface area contributed by atoms with Gasteiger partial charge in [-0.25, -0.2) is 0 Å². The Morgan fingerprint density at radius 1 is 1.26 bits per heavy atom. The number of nitrogens with one attached hydrogen (secondary N) is 1. The molecule has 0 bridgehead atoms. The van der Waals surface area contributed by atoms with Crippen LogP contribution in [0.3, 0.4) is 0 Å². The van der Waals surface area contributed by atoms with Crippen molar-refractivity contribution in [1.29, 1.82) is 0 Å². The second-order valence-corrected chi connectivity index (χ2v) is 6.44. The highest BCUT2D eigenvalue weighted by Gasteiger charge is 2.41. The van der Waals surface area contributed by atoms with E-state index in [1.807, 2.05) is 18.2 Å². The lowest BCUT2D eigenvalue weighted by Crippen LogP contribution is -2.55. The zero-order valence-electron chi connectivity index (χ0n) is 11.5. The van der Waals surface area contributed by atoms with Crippen LogP contribution in [0.1, 0.15) is 50.7 Å². The molecule has 2 fully saturated rings. The first-order valence-corrected chi connectivity index (χ1v) is 7.73. The van der Waals surface area contributed by atoms with Crippen molar-refractivity contribution in [2.75, 3.05) is 6.54 Å². The van der Waals surface area contributed by atoms with Gasteiger partial charge in [0.25, 0.3) is 0 Å². The van der Waals surface area contributed by atoms with Crippen molar-refractivity contribution >= 4 is 11.6 Å². The van der Waals surface area contributed by atoms with E-state index in [1.54, 1.807) is 0 Å². The number of ether oxygens (including phenoxy) is 1. The molecule has 0 radical (unpaired) electrons. The minimum atomic E-state index is 0.0533. The number of morpholine rings is 1. The summed E-state index contributed by atoms with van der Waals surface area (Å²) >= 11 is 6.11. The molecular weight excluding hydrogens is 258 g/mol. The number of benzene rings is 1. The fourth-order valence-electron chi connectivity index (χ4n) is 3.40. The van der Waals surface area contributed by atoms with E-state index in [1.165, 1.54) is 37.7 Å². The van der Waals surface area contributed by atoms with Gasteiger partial charge in [-0.05, 0) is 37.5 Å². The molecule has 2 nitrogen and oxygen atoms in total. The van der Waals surface area contributed by atoms with E-state index < -0.39 is 0 Å². The van der Waals surface area contributed by atoms with Crippen molar-refractivity contribution in [2.24, 2.45) is 0 Å². The van der Waals surface area contributed by atoms with E-state index in [-0.39, 0.29) is 11.7 Å². The van der Waals surface area contributed by atoms with Crippen molar-refractivity contribution in [3.63, 3.8) is 0 Å². The smallest absolute Gasteiger partial charge is 0.0983 e. The van der Waals surface area contributed by atoms with Crippen molar-refractivity contribution in [2.45, 2.75) is 56.8 Å². The summed E-state index contributed by atoms with van der Waals surface area (Å²) in [6.07, 6.45) is 6.41. The molecule has 1 aliphatic heterocycles. The molecule has 1 aromatic rings. The number of rotatable bonds is 1. The first-order chi connectivity index (χ1) is 9.19. The summed E-state index contributed by atoms with van der Waals surface area (Å²) < 4.78 is 6.55. The van der Waals surface area contributed by atoms with E-state index in [0.717, 1.165) is 11.6 Å². The van der Waals surface area contributed by atoms with Crippen LogP contribution in [-0.4, -0.2) is 18.2 Å². The molecule has 0 amide bonds. The molecule has 104 valence electrons. The van der Waals surface area contributed by atoms with Gasteiger partial charge in [-0.2, -0.15) is 0 Å². The largest absolute Gasteiger partial charge is 0.364 e. The molecule has 1 aromatic carbocycles. The van der Waals surface area contributed by atoms with E-state index in [2.05, 4.69) is 18.3 Å². The fraction of sp³-hybridized carbons (Fsp3) is 0.625. The van der Waals surface area contributed by atoms with Gasteiger partial charge >= 0.3 is 0 Å². The molecule has 3 rings (SSSR count). The van der Waals surface area contributed by atoms with Crippen LogP contribution in [0.25, 0.3) is 0 Å². The molecule has 1 N–H and O–H groups in total. The van der Waals surface area contributed by atoms with Gasteiger partial charge in [0.15, 0.2) is 0 Å². The first kappa shape index (κ1) is 13.4. The summed E-state index contributed by atoms with van der Waals surface area (Å²) in [6.45, 7) is 3.19. The van der Waals surface area contributed by atoms with Gasteiger partial charge in [0.05, 0.1) is 11.7 Å². The Hall–Kier alpha value is -0.570. The number of hydrogen-bond acceptors (Lipinski definition) is 2. The van der Waals surface area contributed by atoms with Crippen LogP contribution in [0.4, 0.5) is 0 Å². The van der Waals surface area contributed by atoms with Gasteiger partial charge in [0, 0.05) is 17.6 Å². The van der Waals surface area contributed by atoms with Gasteiger partial charge in [-0.1, -0.05) is 43.0 Å². The van der Waals surface area contributed by atoms with Crippen LogP contribution in [0, 0.1) is 0 Å². The maximum atomic E-state index is 6.55. The Labute approximate surface area is 120 Å². The Morgan fingerprint density at radius 3 is 2.79 bits per heavy atom. The SMILES string of the molecule is CC1NCC2(CCCCC2)OC1c1cccc(Cl)c1. The van der Waals surface area contributed by atoms with Crippen LogP contribution in [0.5, 0.6) is 0 Å². The Balaban J connectivity index is 1.83. The van der Waals surface area contributed by atoms with E-state index in [9.17, 15) is 0 Å². The topological polar surface area (TPSA) is 21.3 Å². The Kier molecular flexibility index (Phi) is 3.84. The van der Waals surface area contributed by atoms with Gasteiger partial charge in [-0.15, -0.1) is 0 Å². The van der Waals surface area contributed by atoms with Gasteiger partial charge in [-0.3, -0.25) is 0 Å². The molecule has 1 heterocycles. The lowest BCUT2D eigenvalue weighted by molar-refractivity contribution is -0.151. The van der Waals surface area contributed by atoms with Crippen LogP contribution >= 0.6 is 11.6 Å². The number of halogens is 1. The third-order valence-corrected chi connectivity index (χ3v) is 4.75. The molecule has 1 spiro atoms. The van der Waals surface area contributed by atoms with E-state index in [4.69, 9.17) is 16.3 Å². The molecule has 0 aromatic heterocycles. The minimum absolute atomic E-state index is 0.0533. The average Bonchev–Trinajstić information content (AvgIpc) is 2.43. The van der Waals surface area contributed by atoms with Crippen LogP contribution in [-0.2, 0) is 4.74 Å². The zero-order chi connectivity index (χ0) is 13.3. The predicted octanol–water partition coefficient (Wildman–Crippen LogP) is 4.09. The molecule has 3 heteroatoms. The lowest BCUT2D eigenvalue weighted by Gasteiger charge is -2.47. The molecule has 1 aliphatic carbocycles. The monoisotopic (exact) mass is 279 g/mol. The maximum Gasteiger partial charge on any atom is 0.0983 e. The fourth-order valence-corrected chi connectivity index (χ4v) is 3.60. The molecule has 2 aliphatic rings. The van der Waals surface area contributed by atoms with Crippen LogP contribution in [0.2, 0.25) is 5.02 Å². The molecular formula is C16H22ClNO. The van der Waals surface area contributed by atoms with Crippen molar-refractivity contribution in [3.8, 4) is 0 Å². The van der Waals surface area contributed by atoms with Gasteiger partial charge in [0.1, 0.15) is 0 Å². The summed E-state index contributed by atoms with van der Waals surface area (Å²) in [5.41, 5.74) is 1.25. The predicted molar refractivity (Wildman–Crippen MR) is 78.6 cm³/mol. The molecule has 2 unspecified atom stereocenters. The quantitative estimate of drug-likeness (QED) is 0.836. The highest BCUT2D eigenvalue weighted by Crippen LogP contribution is 2.40. The third kappa shape index (κ3) is 2.81. The zero-order valence-corrected chi connectivity index (χ0v) is 12.2. The Bertz CT molecular complexity index is 442. The summed E-state index contributed by atoms with van der Waals surface area (Å²) in [4.78, 5) is 0. The van der Waals surface area contributed by atoms with E-state index in [0.29, 0.717) is 6.04 Å². The maximum absolute atomic E-state index is 6.55. The summed E-state index contributed by atoms with van der Waals surface area (Å²) in [5, 5.41) is 4.43. The van der Waals surface area contributed by atoms with E-state index >= 15 is 0 Å². The second-order valence-electron chi connectivity index (χ2n) is 6.01. The number of hydrogen-bond donors (Lipinski definition) is 1. The summed E-state index contributed by atoms with van der Waals surface area (Å²) in [5.74, 6) is 0. The van der Waals surface area contributed by atoms with Gasteiger partial charge in [0.2, 0.25) is 0 Å². The summed E-state index contributed by atoms with van der Waals surface area (Å²) in [7, 11) is 0. The summed E-state index contributed by atoms with van der Waals surface area (Å²) in [6, 6.07) is 8.42. The van der Waals surface area contributed by atoms with Crippen molar-refractivity contribution in [3.05, 3.63) is 34.9 Å². The molecule has 1 saturated heterocycles. The van der Waals surface area contributed by atoms with Crippen LogP contribution < -0.4 is 5.32 Å². The third-order valence-electron chi connectivity index (χ3n) is 4.52. The molecule has 19 heavy (non-hydrogen) atoms. The van der Waals surface area contributed by atoms with Crippen LogP contribution in [0.15, 0.2) is 24.3 Å².